The summed E-state index contributed by atoms with van der Waals surface area (Å²) in [4.78, 5) is 24.7. The summed E-state index contributed by atoms with van der Waals surface area (Å²) in [6, 6.07) is 0. The number of nitrogens with zero attached hydrogens (tertiary/aromatic N) is 1. The van der Waals surface area contributed by atoms with Crippen LogP contribution < -0.4 is 5.32 Å². The summed E-state index contributed by atoms with van der Waals surface area (Å²) in [6.45, 7) is 9.72. The molecule has 1 heterocycles. The molecule has 0 aromatic rings. The number of nitrogens with one attached hydrogen (secondary N) is 1. The largest absolute Gasteiger partial charge is 0.374 e. The van der Waals surface area contributed by atoms with E-state index in [1.165, 1.54) is 6.20 Å². The summed E-state index contributed by atoms with van der Waals surface area (Å²) in [7, 11) is 0. The van der Waals surface area contributed by atoms with E-state index in [1.54, 1.807) is 11.0 Å². The Labute approximate surface area is 120 Å². The molecule has 0 aromatic carbocycles. The quantitative estimate of drug-likeness (QED) is 0.471. The zero-order valence-electron chi connectivity index (χ0n) is 12.7. The lowest BCUT2D eigenvalue weighted by atomic mass is 10.0. The third-order valence-electron chi connectivity index (χ3n) is 3.12. The molecule has 0 saturated carbocycles. The highest BCUT2D eigenvalue weighted by Crippen LogP contribution is 2.16. The lowest BCUT2D eigenvalue weighted by Crippen LogP contribution is -2.47. The molecule has 0 aromatic heterocycles. The minimum absolute atomic E-state index is 0.0692. The van der Waals surface area contributed by atoms with Crippen molar-refractivity contribution in [2.75, 3.05) is 19.7 Å². The van der Waals surface area contributed by atoms with E-state index in [-0.39, 0.29) is 12.0 Å². The third-order valence-corrected chi connectivity index (χ3v) is 3.12. The normalized spacial score (nSPS) is 19.8. The average Bonchev–Trinajstić information content (AvgIpc) is 2.42. The molecule has 1 N–H and O–H groups in total. The van der Waals surface area contributed by atoms with Gasteiger partial charge in [-0.2, -0.15) is 0 Å². The first-order valence-electron chi connectivity index (χ1n) is 6.91. The van der Waals surface area contributed by atoms with Crippen LogP contribution in [0.3, 0.4) is 0 Å². The Kier molecular flexibility index (Phi) is 6.45. The highest BCUT2D eigenvalue weighted by atomic mass is 16.5. The summed E-state index contributed by atoms with van der Waals surface area (Å²) in [5, 5.41) is 2.44. The molecule has 2 amide bonds. The van der Waals surface area contributed by atoms with Crippen LogP contribution in [0.2, 0.25) is 0 Å². The fourth-order valence-electron chi connectivity index (χ4n) is 2.05. The molecule has 1 unspecified atom stereocenters. The Bertz CT molecular complexity index is 409. The minimum Gasteiger partial charge on any atom is -0.374 e. The summed E-state index contributed by atoms with van der Waals surface area (Å²) in [5.41, 5.74) is 1.49. The second-order valence-electron chi connectivity index (χ2n) is 5.51. The van der Waals surface area contributed by atoms with Crippen molar-refractivity contribution in [3.8, 4) is 0 Å². The van der Waals surface area contributed by atoms with E-state index >= 15 is 0 Å². The maximum Gasteiger partial charge on any atom is 0.255 e. The van der Waals surface area contributed by atoms with E-state index in [0.29, 0.717) is 37.6 Å². The van der Waals surface area contributed by atoms with Crippen molar-refractivity contribution in [3.05, 3.63) is 23.4 Å². The molecular weight excluding hydrogens is 256 g/mol. The second-order valence-corrected chi connectivity index (χ2v) is 5.51. The fraction of sp³-hybridized carbons (Fsp3) is 0.600. The lowest BCUT2D eigenvalue weighted by molar-refractivity contribution is -0.136. The number of rotatable bonds is 5. The number of carbonyl (C=O) groups is 2. The molecule has 5 heteroatoms. The summed E-state index contributed by atoms with van der Waals surface area (Å²) >= 11 is 0. The first kappa shape index (κ1) is 16.4. The van der Waals surface area contributed by atoms with Crippen LogP contribution in [0.4, 0.5) is 0 Å². The molecule has 1 aliphatic rings. The number of hydrogen-bond acceptors (Lipinski definition) is 3. The van der Waals surface area contributed by atoms with Gasteiger partial charge in [0.1, 0.15) is 0 Å². The summed E-state index contributed by atoms with van der Waals surface area (Å²) < 4.78 is 5.66. The smallest absolute Gasteiger partial charge is 0.255 e. The topological polar surface area (TPSA) is 58.6 Å². The number of morpholine rings is 1. The van der Waals surface area contributed by atoms with E-state index in [4.69, 9.17) is 4.74 Å². The van der Waals surface area contributed by atoms with Gasteiger partial charge in [0.2, 0.25) is 6.41 Å². The Balaban J connectivity index is 2.83. The second kappa shape index (κ2) is 7.85. The monoisotopic (exact) mass is 280 g/mol. The van der Waals surface area contributed by atoms with Crippen molar-refractivity contribution >= 4 is 12.3 Å². The molecule has 1 rings (SSSR count). The molecule has 1 atom stereocenters. The summed E-state index contributed by atoms with van der Waals surface area (Å²) in [6.07, 6.45) is 3.85. The van der Waals surface area contributed by atoms with Crippen LogP contribution in [0.25, 0.3) is 0 Å². The van der Waals surface area contributed by atoms with E-state index < -0.39 is 0 Å². The van der Waals surface area contributed by atoms with Gasteiger partial charge in [-0.3, -0.25) is 9.59 Å². The molecule has 0 bridgehead atoms. The number of amides is 2. The molecule has 0 radical (unpaired) electrons. The van der Waals surface area contributed by atoms with Crippen LogP contribution in [0.5, 0.6) is 0 Å². The SMILES string of the molecule is CC(C)=C/C(=C\NC=O)C(=O)N1CCOC(C(C)C)C1. The van der Waals surface area contributed by atoms with Crippen LogP contribution in [-0.2, 0) is 14.3 Å². The number of ether oxygens (including phenoxy) is 1. The molecule has 1 saturated heterocycles. The Morgan fingerprint density at radius 2 is 2.10 bits per heavy atom. The van der Waals surface area contributed by atoms with Crippen molar-refractivity contribution in [1.82, 2.24) is 10.2 Å². The van der Waals surface area contributed by atoms with Crippen LogP contribution in [0.1, 0.15) is 27.7 Å². The van der Waals surface area contributed by atoms with Gasteiger partial charge in [-0.15, -0.1) is 0 Å². The zero-order valence-corrected chi connectivity index (χ0v) is 12.7. The number of allylic oxidation sites excluding steroid dienone is 1. The van der Waals surface area contributed by atoms with Crippen molar-refractivity contribution in [2.24, 2.45) is 5.92 Å². The van der Waals surface area contributed by atoms with E-state index in [0.717, 1.165) is 5.57 Å². The average molecular weight is 280 g/mol. The van der Waals surface area contributed by atoms with E-state index in [1.807, 2.05) is 13.8 Å². The molecule has 0 aliphatic carbocycles. The van der Waals surface area contributed by atoms with Crippen molar-refractivity contribution in [2.45, 2.75) is 33.8 Å². The maximum atomic E-state index is 12.5. The number of hydrogen-bond donors (Lipinski definition) is 1. The van der Waals surface area contributed by atoms with Gasteiger partial charge in [-0.1, -0.05) is 19.4 Å². The van der Waals surface area contributed by atoms with Gasteiger partial charge in [0.25, 0.3) is 5.91 Å². The van der Waals surface area contributed by atoms with Gasteiger partial charge < -0.3 is 15.0 Å². The molecule has 112 valence electrons. The zero-order chi connectivity index (χ0) is 15.1. The highest BCUT2D eigenvalue weighted by molar-refractivity contribution is 5.96. The minimum atomic E-state index is -0.0745. The van der Waals surface area contributed by atoms with E-state index in [9.17, 15) is 9.59 Å². The van der Waals surface area contributed by atoms with Crippen molar-refractivity contribution < 1.29 is 14.3 Å². The predicted octanol–water partition coefficient (Wildman–Crippen LogP) is 1.47. The molecule has 1 fully saturated rings. The van der Waals surface area contributed by atoms with Gasteiger partial charge in [-0.25, -0.2) is 0 Å². The van der Waals surface area contributed by atoms with E-state index in [2.05, 4.69) is 19.2 Å². The first-order chi connectivity index (χ1) is 9.45. The Morgan fingerprint density at radius 1 is 1.40 bits per heavy atom. The molecule has 20 heavy (non-hydrogen) atoms. The Hall–Kier alpha value is -1.62. The first-order valence-corrected chi connectivity index (χ1v) is 6.91. The third kappa shape index (κ3) is 4.81. The van der Waals surface area contributed by atoms with Crippen molar-refractivity contribution in [3.63, 3.8) is 0 Å². The maximum absolute atomic E-state index is 12.5. The van der Waals surface area contributed by atoms with Crippen LogP contribution in [-0.4, -0.2) is 43.0 Å². The Morgan fingerprint density at radius 3 is 2.65 bits per heavy atom. The lowest BCUT2D eigenvalue weighted by Gasteiger charge is -2.35. The number of carbonyl (C=O) groups excluding carboxylic acids is 2. The molecule has 0 spiro atoms. The summed E-state index contributed by atoms with van der Waals surface area (Å²) in [5.74, 6) is 0.295. The van der Waals surface area contributed by atoms with Gasteiger partial charge in [0.05, 0.1) is 18.3 Å². The molecule has 5 nitrogen and oxygen atoms in total. The molecular formula is C15H24N2O3. The van der Waals surface area contributed by atoms with Gasteiger partial charge in [0, 0.05) is 19.3 Å². The van der Waals surface area contributed by atoms with Gasteiger partial charge in [-0.05, 0) is 25.8 Å². The van der Waals surface area contributed by atoms with Crippen molar-refractivity contribution in [1.29, 1.82) is 0 Å². The highest BCUT2D eigenvalue weighted by Gasteiger charge is 2.27. The van der Waals surface area contributed by atoms with Crippen LogP contribution in [0.15, 0.2) is 23.4 Å². The predicted molar refractivity (Wildman–Crippen MR) is 77.9 cm³/mol. The van der Waals surface area contributed by atoms with Crippen LogP contribution >= 0.6 is 0 Å². The van der Waals surface area contributed by atoms with Crippen LogP contribution in [0, 0.1) is 5.92 Å². The fourth-order valence-corrected chi connectivity index (χ4v) is 2.05. The molecule has 1 aliphatic heterocycles. The van der Waals surface area contributed by atoms with Gasteiger partial charge in [0.15, 0.2) is 0 Å². The van der Waals surface area contributed by atoms with Gasteiger partial charge >= 0.3 is 0 Å². The standard InChI is InChI=1S/C15H24N2O3/c1-11(2)7-13(8-16-10-18)15(19)17-5-6-20-14(9-17)12(3)4/h7-8,10,12,14H,5-6,9H2,1-4H3,(H,16,18)/b13-8+.